The lowest BCUT2D eigenvalue weighted by Gasteiger charge is -2.24. The predicted molar refractivity (Wildman–Crippen MR) is 132 cm³/mol. The lowest BCUT2D eigenvalue weighted by Crippen LogP contribution is -2.32. The van der Waals surface area contributed by atoms with E-state index in [9.17, 15) is 14.3 Å². The highest BCUT2D eigenvalue weighted by Gasteiger charge is 2.17. The van der Waals surface area contributed by atoms with Gasteiger partial charge in [0.05, 0.1) is 23.8 Å². The molecule has 0 fully saturated rings. The molecule has 9 heteroatoms. The van der Waals surface area contributed by atoms with Gasteiger partial charge in [-0.3, -0.25) is 9.56 Å². The van der Waals surface area contributed by atoms with Crippen LogP contribution in [-0.2, 0) is 7.05 Å². The van der Waals surface area contributed by atoms with E-state index in [1.165, 1.54) is 21.3 Å². The summed E-state index contributed by atoms with van der Waals surface area (Å²) in [6, 6.07) is 11.1. The van der Waals surface area contributed by atoms with Crippen LogP contribution in [0.3, 0.4) is 0 Å². The maximum Gasteiger partial charge on any atom is 0.332 e. The molecule has 2 aromatic heterocycles. The quantitative estimate of drug-likeness (QED) is 0.475. The molecule has 1 aliphatic rings. The first-order valence-corrected chi connectivity index (χ1v) is 11.1. The van der Waals surface area contributed by atoms with E-state index in [-0.39, 0.29) is 11.4 Å². The normalized spacial score (nSPS) is 13.4. The number of aryl methyl sites for hydroxylation is 1. The fraction of sp³-hybridized carbons (Fsp3) is 0.160. The van der Waals surface area contributed by atoms with Gasteiger partial charge in [-0.05, 0) is 47.5 Å². The number of nitrogens with zero attached hydrogens (tertiary/aromatic N) is 5. The van der Waals surface area contributed by atoms with E-state index < -0.39 is 5.82 Å². The van der Waals surface area contributed by atoms with Crippen molar-refractivity contribution in [2.75, 3.05) is 24.5 Å². The fourth-order valence-corrected chi connectivity index (χ4v) is 4.31. The van der Waals surface area contributed by atoms with E-state index in [2.05, 4.69) is 14.9 Å². The van der Waals surface area contributed by atoms with Crippen molar-refractivity contribution in [3.63, 3.8) is 0 Å². The molecular weight excluding hydrogens is 457 g/mol. The average Bonchev–Trinajstić information content (AvgIpc) is 3.18. The van der Waals surface area contributed by atoms with Crippen LogP contribution in [0.5, 0.6) is 5.75 Å². The Morgan fingerprint density at radius 2 is 1.82 bits per heavy atom. The van der Waals surface area contributed by atoms with Crippen molar-refractivity contribution in [3.8, 4) is 33.7 Å². The minimum Gasteiger partial charge on any atom is -0.507 e. The summed E-state index contributed by atoms with van der Waals surface area (Å²) < 4.78 is 17.6. The number of phenols is 1. The number of imidazole rings is 1. The Hall–Kier alpha value is -3.91. The second-order valence-corrected chi connectivity index (χ2v) is 8.42. The molecule has 5 rings (SSSR count). The molecule has 7 nitrogen and oxygen atoms in total. The number of aromatic hydroxyl groups is 1. The summed E-state index contributed by atoms with van der Waals surface area (Å²) in [5.41, 5.74) is 2.08. The van der Waals surface area contributed by atoms with Crippen molar-refractivity contribution in [2.45, 2.75) is 0 Å². The first-order chi connectivity index (χ1) is 16.4. The summed E-state index contributed by atoms with van der Waals surface area (Å²) in [7, 11) is 1.65. The summed E-state index contributed by atoms with van der Waals surface area (Å²) in [6.45, 7) is 2.07. The molecule has 3 heterocycles. The van der Waals surface area contributed by atoms with Crippen LogP contribution in [0, 0.1) is 5.82 Å². The third-order valence-electron chi connectivity index (χ3n) is 5.85. The molecular formula is C25H21ClFN5O2. The summed E-state index contributed by atoms with van der Waals surface area (Å²) >= 11 is 6.48. The number of rotatable bonds is 4. The molecule has 0 saturated carbocycles. The lowest BCUT2D eigenvalue weighted by atomic mass is 9.97. The van der Waals surface area contributed by atoms with Crippen molar-refractivity contribution in [1.29, 1.82) is 0 Å². The number of hydrogen-bond acceptors (Lipinski definition) is 5. The van der Waals surface area contributed by atoms with Crippen LogP contribution < -0.4 is 10.6 Å². The maximum absolute atomic E-state index is 14.7. The van der Waals surface area contributed by atoms with E-state index in [1.807, 2.05) is 12.3 Å². The van der Waals surface area contributed by atoms with E-state index in [0.717, 1.165) is 12.4 Å². The van der Waals surface area contributed by atoms with Gasteiger partial charge in [-0.25, -0.2) is 14.2 Å². The Morgan fingerprint density at radius 3 is 2.47 bits per heavy atom. The maximum atomic E-state index is 14.7. The van der Waals surface area contributed by atoms with Gasteiger partial charge < -0.3 is 14.6 Å². The number of aliphatic imine (C=N–C) groups is 1. The van der Waals surface area contributed by atoms with Gasteiger partial charge in [-0.2, -0.15) is 0 Å². The van der Waals surface area contributed by atoms with Gasteiger partial charge >= 0.3 is 5.69 Å². The molecule has 1 aliphatic heterocycles. The molecule has 0 radical (unpaired) electrons. The summed E-state index contributed by atoms with van der Waals surface area (Å²) in [4.78, 5) is 23.0. The smallest absolute Gasteiger partial charge is 0.332 e. The van der Waals surface area contributed by atoms with E-state index in [1.54, 1.807) is 49.9 Å². The zero-order valence-corrected chi connectivity index (χ0v) is 19.1. The minimum absolute atomic E-state index is 0.0700. The predicted octanol–water partition coefficient (Wildman–Crippen LogP) is 4.29. The van der Waals surface area contributed by atoms with Gasteiger partial charge in [0.2, 0.25) is 0 Å². The van der Waals surface area contributed by atoms with Crippen molar-refractivity contribution < 1.29 is 9.50 Å². The van der Waals surface area contributed by atoms with Crippen LogP contribution in [0.4, 0.5) is 10.2 Å². The Morgan fingerprint density at radius 1 is 1.06 bits per heavy atom. The number of aromatic nitrogens is 3. The minimum atomic E-state index is -0.495. The van der Waals surface area contributed by atoms with Gasteiger partial charge in [-0.1, -0.05) is 17.7 Å². The lowest BCUT2D eigenvalue weighted by molar-refractivity contribution is 0.477. The first-order valence-electron chi connectivity index (χ1n) is 10.7. The van der Waals surface area contributed by atoms with Crippen LogP contribution >= 0.6 is 11.6 Å². The van der Waals surface area contributed by atoms with E-state index in [4.69, 9.17) is 11.6 Å². The van der Waals surface area contributed by atoms with Gasteiger partial charge in [0, 0.05) is 49.5 Å². The summed E-state index contributed by atoms with van der Waals surface area (Å²) in [5, 5.41) is 11.4. The highest BCUT2D eigenvalue weighted by atomic mass is 35.5. The molecule has 0 saturated heterocycles. The Balaban J connectivity index is 1.56. The third-order valence-corrected chi connectivity index (χ3v) is 6.15. The molecule has 34 heavy (non-hydrogen) atoms. The van der Waals surface area contributed by atoms with E-state index >= 15 is 0 Å². The van der Waals surface area contributed by atoms with Gasteiger partial charge in [0.1, 0.15) is 17.4 Å². The molecule has 2 aromatic carbocycles. The molecule has 0 aliphatic carbocycles. The molecule has 0 atom stereocenters. The van der Waals surface area contributed by atoms with Gasteiger partial charge in [-0.15, -0.1) is 0 Å². The van der Waals surface area contributed by atoms with Crippen molar-refractivity contribution in [1.82, 2.24) is 14.1 Å². The number of hydrogen-bond donors (Lipinski definition) is 1. The van der Waals surface area contributed by atoms with Crippen LogP contribution in [-0.4, -0.2) is 45.1 Å². The number of benzene rings is 2. The van der Waals surface area contributed by atoms with Crippen LogP contribution in [0.25, 0.3) is 27.9 Å². The number of phenolic OH excluding ortho intramolecular Hbond substituents is 1. The SMILES string of the molecule is Cn1ccn(-c2ccc(-c3cc(F)cc(-c4ccnc(N5CC=NCC5)c4)c3O)cc2Cl)c1=O. The van der Waals surface area contributed by atoms with Gasteiger partial charge in [0.15, 0.2) is 0 Å². The number of anilines is 1. The first kappa shape index (κ1) is 21.9. The summed E-state index contributed by atoms with van der Waals surface area (Å²) in [5.74, 6) is 0.166. The fourth-order valence-electron chi connectivity index (χ4n) is 4.04. The van der Waals surface area contributed by atoms with Gasteiger partial charge in [0.25, 0.3) is 0 Å². The molecule has 0 amide bonds. The van der Waals surface area contributed by atoms with Crippen molar-refractivity contribution >= 4 is 23.6 Å². The Bertz CT molecular complexity index is 1480. The zero-order chi connectivity index (χ0) is 23.8. The molecule has 0 unspecified atom stereocenters. The van der Waals surface area contributed by atoms with Crippen LogP contribution in [0.1, 0.15) is 0 Å². The largest absolute Gasteiger partial charge is 0.507 e. The average molecular weight is 478 g/mol. The standard InChI is InChI=1S/C25H21ClFN5O2/c1-30-10-11-32(25(30)34)22-3-2-16(12-21(22)26)19-14-18(27)15-20(24(19)33)17-4-5-29-23(13-17)31-8-6-28-7-9-31/h2-6,10-15,33H,7-9H2,1H3. The molecule has 4 aromatic rings. The van der Waals surface area contributed by atoms with Crippen molar-refractivity contribution in [2.24, 2.45) is 12.0 Å². The number of pyridine rings is 1. The topological polar surface area (TPSA) is 75.7 Å². The zero-order valence-electron chi connectivity index (χ0n) is 18.3. The Kier molecular flexibility index (Phi) is 5.67. The molecule has 0 bridgehead atoms. The third kappa shape index (κ3) is 3.97. The highest BCUT2D eigenvalue weighted by Crippen LogP contribution is 2.40. The van der Waals surface area contributed by atoms with Crippen molar-refractivity contribution in [3.05, 3.63) is 82.4 Å². The second-order valence-electron chi connectivity index (χ2n) is 8.01. The van der Waals surface area contributed by atoms with E-state index in [0.29, 0.717) is 46.1 Å². The number of halogens is 2. The second kappa shape index (κ2) is 8.79. The molecule has 1 N–H and O–H groups in total. The Labute approximate surface area is 200 Å². The summed E-state index contributed by atoms with van der Waals surface area (Å²) in [6.07, 6.45) is 6.74. The van der Waals surface area contributed by atoms with Crippen LogP contribution in [0.2, 0.25) is 5.02 Å². The highest BCUT2D eigenvalue weighted by molar-refractivity contribution is 6.32. The van der Waals surface area contributed by atoms with Crippen LogP contribution in [0.15, 0.2) is 70.8 Å². The monoisotopic (exact) mass is 477 g/mol. The molecule has 0 spiro atoms. The molecule has 172 valence electrons.